The van der Waals surface area contributed by atoms with Gasteiger partial charge in [0.25, 0.3) is 5.69 Å². The summed E-state index contributed by atoms with van der Waals surface area (Å²) >= 11 is 0. The molecule has 0 aliphatic heterocycles. The molecule has 0 atom stereocenters. The molecule has 0 saturated carbocycles. The van der Waals surface area contributed by atoms with Crippen LogP contribution in [0.25, 0.3) is 0 Å². The molecule has 0 unspecified atom stereocenters. The lowest BCUT2D eigenvalue weighted by molar-refractivity contribution is -0.385. The van der Waals surface area contributed by atoms with Gasteiger partial charge >= 0.3 is 0 Å². The molecule has 132 valence electrons. The van der Waals surface area contributed by atoms with E-state index in [0.717, 1.165) is 6.07 Å². The summed E-state index contributed by atoms with van der Waals surface area (Å²) in [5, 5.41) is 13.4. The predicted octanol–water partition coefficient (Wildman–Crippen LogP) is 4.67. The quantitative estimate of drug-likeness (QED) is 0.512. The van der Waals surface area contributed by atoms with Gasteiger partial charge < -0.3 is 10.1 Å². The Morgan fingerprint density at radius 2 is 1.96 bits per heavy atom. The van der Waals surface area contributed by atoms with Crippen LogP contribution < -0.4 is 10.1 Å². The van der Waals surface area contributed by atoms with Gasteiger partial charge in [0, 0.05) is 18.8 Å². The summed E-state index contributed by atoms with van der Waals surface area (Å²) in [6.07, 6.45) is 3.04. The van der Waals surface area contributed by atoms with Gasteiger partial charge in [-0.05, 0) is 35.9 Å². The summed E-state index contributed by atoms with van der Waals surface area (Å²) in [6.45, 7) is 0.138. The van der Waals surface area contributed by atoms with Crippen LogP contribution in [-0.4, -0.2) is 9.91 Å². The normalized spacial score (nSPS) is 10.4. The maximum Gasteiger partial charge on any atom is 0.272 e. The van der Waals surface area contributed by atoms with Crippen molar-refractivity contribution in [2.24, 2.45) is 0 Å². The lowest BCUT2D eigenvalue weighted by Gasteiger charge is -2.10. The Morgan fingerprint density at radius 1 is 1.12 bits per heavy atom. The number of nitrogens with zero attached hydrogens (tertiary/aromatic N) is 2. The van der Waals surface area contributed by atoms with Crippen molar-refractivity contribution in [2.45, 2.75) is 6.54 Å². The molecule has 6 nitrogen and oxygen atoms in total. The number of anilines is 1. The minimum absolute atomic E-state index is 0.0447. The van der Waals surface area contributed by atoms with Crippen molar-refractivity contribution in [1.82, 2.24) is 4.98 Å². The molecule has 8 heteroatoms. The number of benzene rings is 2. The zero-order valence-electron chi connectivity index (χ0n) is 13.4. The second kappa shape index (κ2) is 7.56. The monoisotopic (exact) mass is 357 g/mol. The molecule has 0 aliphatic carbocycles. The lowest BCUT2D eigenvalue weighted by atomic mass is 10.2. The molecule has 0 fully saturated rings. The third-order valence-corrected chi connectivity index (χ3v) is 3.50. The fourth-order valence-corrected chi connectivity index (χ4v) is 2.23. The van der Waals surface area contributed by atoms with Crippen LogP contribution in [-0.2, 0) is 6.54 Å². The largest absolute Gasteiger partial charge is 0.453 e. The summed E-state index contributed by atoms with van der Waals surface area (Å²) in [6, 6.07) is 11.0. The first-order chi connectivity index (χ1) is 12.5. The Hall–Kier alpha value is -3.55. The zero-order valence-corrected chi connectivity index (χ0v) is 13.4. The molecule has 0 amide bonds. The van der Waals surface area contributed by atoms with E-state index in [1.54, 1.807) is 24.4 Å². The number of hydrogen-bond acceptors (Lipinski definition) is 5. The van der Waals surface area contributed by atoms with E-state index in [0.29, 0.717) is 11.3 Å². The molecule has 0 aliphatic rings. The van der Waals surface area contributed by atoms with Crippen LogP contribution in [0.1, 0.15) is 5.56 Å². The van der Waals surface area contributed by atoms with Crippen LogP contribution in [0.4, 0.5) is 20.2 Å². The molecular formula is C18H13F2N3O3. The number of pyridine rings is 1. The van der Waals surface area contributed by atoms with Crippen molar-refractivity contribution < 1.29 is 18.4 Å². The molecule has 0 saturated heterocycles. The second-order valence-corrected chi connectivity index (χ2v) is 5.33. The SMILES string of the molecule is O=[N+]([O-])c1ccc(NCc2ccc(Oc3cccnc3)c(F)c2)c(F)c1. The molecule has 3 rings (SSSR count). The van der Waals surface area contributed by atoms with Gasteiger partial charge in [-0.25, -0.2) is 8.78 Å². The van der Waals surface area contributed by atoms with Crippen LogP contribution in [0.15, 0.2) is 60.9 Å². The van der Waals surface area contributed by atoms with Gasteiger partial charge in [0.05, 0.1) is 22.9 Å². The highest BCUT2D eigenvalue weighted by molar-refractivity contribution is 5.50. The molecule has 0 spiro atoms. The highest BCUT2D eigenvalue weighted by Gasteiger charge is 2.11. The first-order valence-corrected chi connectivity index (χ1v) is 7.57. The van der Waals surface area contributed by atoms with E-state index in [1.165, 1.54) is 30.5 Å². The Morgan fingerprint density at radius 3 is 2.62 bits per heavy atom. The van der Waals surface area contributed by atoms with Crippen LogP contribution in [0, 0.1) is 21.7 Å². The summed E-state index contributed by atoms with van der Waals surface area (Å²) in [5.41, 5.74) is 0.307. The highest BCUT2D eigenvalue weighted by atomic mass is 19.1. The van der Waals surface area contributed by atoms with Crippen molar-refractivity contribution >= 4 is 11.4 Å². The van der Waals surface area contributed by atoms with Gasteiger partial charge in [0.15, 0.2) is 17.4 Å². The Balaban J connectivity index is 1.67. The molecule has 1 N–H and O–H groups in total. The first-order valence-electron chi connectivity index (χ1n) is 7.57. The summed E-state index contributed by atoms with van der Waals surface area (Å²) in [4.78, 5) is 13.8. The number of nitrogens with one attached hydrogen (secondary N) is 1. The molecular weight excluding hydrogens is 344 g/mol. The van der Waals surface area contributed by atoms with E-state index in [9.17, 15) is 18.9 Å². The predicted molar refractivity (Wildman–Crippen MR) is 91.1 cm³/mol. The second-order valence-electron chi connectivity index (χ2n) is 5.33. The summed E-state index contributed by atoms with van der Waals surface area (Å²) in [5.74, 6) is -0.873. The van der Waals surface area contributed by atoms with Gasteiger partial charge in [0.2, 0.25) is 0 Å². The van der Waals surface area contributed by atoms with Gasteiger partial charge in [-0.1, -0.05) is 6.07 Å². The fraction of sp³-hybridized carbons (Fsp3) is 0.0556. The van der Waals surface area contributed by atoms with Crippen molar-refractivity contribution in [3.05, 3.63) is 88.2 Å². The van der Waals surface area contributed by atoms with Gasteiger partial charge in [0.1, 0.15) is 5.75 Å². The standard InChI is InChI=1S/C18H13F2N3O3/c19-15-9-13(23(24)25)4-5-17(15)22-10-12-3-6-18(16(20)8-12)26-14-2-1-7-21-11-14/h1-9,11,22H,10H2. The number of nitro groups is 1. The van der Waals surface area contributed by atoms with Crippen molar-refractivity contribution in [1.29, 1.82) is 0 Å². The van der Waals surface area contributed by atoms with Crippen LogP contribution in [0.2, 0.25) is 0 Å². The topological polar surface area (TPSA) is 77.3 Å². The van der Waals surface area contributed by atoms with E-state index < -0.39 is 16.6 Å². The Bertz CT molecular complexity index is 936. The van der Waals surface area contributed by atoms with Gasteiger partial charge in [-0.2, -0.15) is 0 Å². The third-order valence-electron chi connectivity index (χ3n) is 3.50. The van der Waals surface area contributed by atoms with Crippen molar-refractivity contribution in [2.75, 3.05) is 5.32 Å². The van der Waals surface area contributed by atoms with E-state index in [-0.39, 0.29) is 23.7 Å². The van der Waals surface area contributed by atoms with E-state index in [1.807, 2.05) is 0 Å². The number of aromatic nitrogens is 1. The summed E-state index contributed by atoms with van der Waals surface area (Å²) in [7, 11) is 0. The van der Waals surface area contributed by atoms with E-state index >= 15 is 0 Å². The number of non-ortho nitro benzene ring substituents is 1. The van der Waals surface area contributed by atoms with Gasteiger partial charge in [-0.15, -0.1) is 0 Å². The zero-order chi connectivity index (χ0) is 18.5. The number of ether oxygens (including phenoxy) is 1. The molecule has 2 aromatic carbocycles. The first kappa shape index (κ1) is 17.3. The maximum atomic E-state index is 14.2. The molecule has 3 aromatic rings. The molecule has 0 radical (unpaired) electrons. The number of hydrogen-bond donors (Lipinski definition) is 1. The molecule has 0 bridgehead atoms. The minimum Gasteiger partial charge on any atom is -0.453 e. The number of rotatable bonds is 6. The van der Waals surface area contributed by atoms with Crippen molar-refractivity contribution in [3.8, 4) is 11.5 Å². The number of nitro benzene ring substituents is 1. The minimum atomic E-state index is -0.754. The van der Waals surface area contributed by atoms with Crippen LogP contribution in [0.5, 0.6) is 11.5 Å². The lowest BCUT2D eigenvalue weighted by Crippen LogP contribution is -2.03. The molecule has 26 heavy (non-hydrogen) atoms. The Labute approximate surface area is 147 Å². The maximum absolute atomic E-state index is 14.2. The third kappa shape index (κ3) is 4.10. The fourth-order valence-electron chi connectivity index (χ4n) is 2.23. The molecule has 1 heterocycles. The number of halogens is 2. The average Bonchev–Trinajstić information content (AvgIpc) is 2.63. The highest BCUT2D eigenvalue weighted by Crippen LogP contribution is 2.25. The van der Waals surface area contributed by atoms with Crippen LogP contribution in [0.3, 0.4) is 0 Å². The Kier molecular flexibility index (Phi) is 5.02. The van der Waals surface area contributed by atoms with E-state index in [2.05, 4.69) is 10.3 Å². The van der Waals surface area contributed by atoms with Gasteiger partial charge in [-0.3, -0.25) is 15.1 Å². The van der Waals surface area contributed by atoms with Crippen LogP contribution >= 0.6 is 0 Å². The van der Waals surface area contributed by atoms with E-state index in [4.69, 9.17) is 4.74 Å². The summed E-state index contributed by atoms with van der Waals surface area (Å²) < 4.78 is 33.4. The molecule has 1 aromatic heterocycles. The van der Waals surface area contributed by atoms with Crippen molar-refractivity contribution in [3.63, 3.8) is 0 Å². The smallest absolute Gasteiger partial charge is 0.272 e. The average molecular weight is 357 g/mol.